The van der Waals surface area contributed by atoms with E-state index in [-0.39, 0.29) is 31.4 Å². The Labute approximate surface area is 112 Å². The van der Waals surface area contributed by atoms with Crippen LogP contribution in [0, 0.1) is 0 Å². The van der Waals surface area contributed by atoms with Crippen LogP contribution in [0.1, 0.15) is 25.8 Å². The first-order chi connectivity index (χ1) is 8.97. The number of hydrogen-bond acceptors (Lipinski definition) is 3. The van der Waals surface area contributed by atoms with Crippen LogP contribution in [0.2, 0.25) is 0 Å². The fraction of sp³-hybridized carbons (Fsp3) is 0.429. The molecule has 0 unspecified atom stereocenters. The third kappa shape index (κ3) is 6.45. The molecule has 0 aliphatic rings. The van der Waals surface area contributed by atoms with E-state index in [0.29, 0.717) is 11.3 Å². The van der Waals surface area contributed by atoms with Gasteiger partial charge in [-0.25, -0.2) is 0 Å². The molecule has 0 spiro atoms. The van der Waals surface area contributed by atoms with Crippen molar-refractivity contribution in [2.45, 2.75) is 32.7 Å². The highest BCUT2D eigenvalue weighted by molar-refractivity contribution is 5.76. The summed E-state index contributed by atoms with van der Waals surface area (Å²) < 4.78 is 5.43. The summed E-state index contributed by atoms with van der Waals surface area (Å²) in [5, 5.41) is 11.5. The van der Waals surface area contributed by atoms with Crippen molar-refractivity contribution in [3.8, 4) is 5.75 Å². The average Bonchev–Trinajstić information content (AvgIpc) is 2.27. The molecule has 0 aromatic heterocycles. The fourth-order valence-electron chi connectivity index (χ4n) is 1.58. The molecular formula is C14H19NO4. The topological polar surface area (TPSA) is 75.6 Å². The van der Waals surface area contributed by atoms with E-state index in [1.807, 2.05) is 13.8 Å². The van der Waals surface area contributed by atoms with Gasteiger partial charge < -0.3 is 15.2 Å². The molecule has 0 saturated carbocycles. The molecule has 1 rings (SSSR count). The van der Waals surface area contributed by atoms with E-state index in [9.17, 15) is 9.59 Å². The number of carbonyl (C=O) groups is 2. The van der Waals surface area contributed by atoms with Gasteiger partial charge in [0, 0.05) is 6.04 Å². The second kappa shape index (κ2) is 7.41. The van der Waals surface area contributed by atoms with E-state index >= 15 is 0 Å². The second-order valence-electron chi connectivity index (χ2n) is 4.54. The maximum absolute atomic E-state index is 11.4. The zero-order chi connectivity index (χ0) is 14.3. The van der Waals surface area contributed by atoms with Gasteiger partial charge >= 0.3 is 5.97 Å². The fourth-order valence-corrected chi connectivity index (χ4v) is 1.58. The van der Waals surface area contributed by atoms with Gasteiger partial charge in [0.05, 0.1) is 19.4 Å². The van der Waals surface area contributed by atoms with Gasteiger partial charge in [0.25, 0.3) is 0 Å². The SMILES string of the molecule is CC(C)NC(=O)CCOc1cccc(CC(=O)O)c1. The first-order valence-electron chi connectivity index (χ1n) is 6.20. The van der Waals surface area contributed by atoms with Gasteiger partial charge in [-0.3, -0.25) is 9.59 Å². The molecule has 0 heterocycles. The molecule has 0 bridgehead atoms. The maximum atomic E-state index is 11.4. The van der Waals surface area contributed by atoms with Crippen molar-refractivity contribution in [1.82, 2.24) is 5.32 Å². The third-order valence-corrected chi connectivity index (χ3v) is 2.30. The molecule has 2 N–H and O–H groups in total. The summed E-state index contributed by atoms with van der Waals surface area (Å²) in [6, 6.07) is 7.00. The van der Waals surface area contributed by atoms with Crippen LogP contribution in [0.4, 0.5) is 0 Å². The Kier molecular flexibility index (Phi) is 5.85. The highest BCUT2D eigenvalue weighted by atomic mass is 16.5. The van der Waals surface area contributed by atoms with Crippen LogP contribution in [-0.2, 0) is 16.0 Å². The first kappa shape index (κ1) is 15.0. The molecule has 1 amide bonds. The van der Waals surface area contributed by atoms with Crippen molar-refractivity contribution in [1.29, 1.82) is 0 Å². The normalized spacial score (nSPS) is 10.3. The van der Waals surface area contributed by atoms with E-state index < -0.39 is 5.97 Å². The average molecular weight is 265 g/mol. The van der Waals surface area contributed by atoms with Crippen LogP contribution in [-0.4, -0.2) is 29.6 Å². The van der Waals surface area contributed by atoms with Crippen molar-refractivity contribution in [2.24, 2.45) is 0 Å². The summed E-state index contributed by atoms with van der Waals surface area (Å²) >= 11 is 0. The lowest BCUT2D eigenvalue weighted by molar-refractivity contribution is -0.136. The minimum absolute atomic E-state index is 0.0367. The van der Waals surface area contributed by atoms with Crippen LogP contribution in [0.3, 0.4) is 0 Å². The summed E-state index contributed by atoms with van der Waals surface area (Å²) in [4.78, 5) is 22.0. The van der Waals surface area contributed by atoms with Crippen molar-refractivity contribution < 1.29 is 19.4 Å². The predicted octanol–water partition coefficient (Wildman–Crippen LogP) is 1.61. The van der Waals surface area contributed by atoms with E-state index in [1.165, 1.54) is 0 Å². The van der Waals surface area contributed by atoms with Crippen LogP contribution in [0.15, 0.2) is 24.3 Å². The Hall–Kier alpha value is -2.04. The summed E-state index contributed by atoms with van der Waals surface area (Å²) in [7, 11) is 0. The lowest BCUT2D eigenvalue weighted by Gasteiger charge is -2.09. The molecule has 5 heteroatoms. The highest BCUT2D eigenvalue weighted by Gasteiger charge is 2.05. The number of ether oxygens (including phenoxy) is 1. The number of nitrogens with one attached hydrogen (secondary N) is 1. The number of amides is 1. The molecule has 0 radical (unpaired) electrons. The molecule has 1 aromatic carbocycles. The van der Waals surface area contributed by atoms with Crippen molar-refractivity contribution in [3.05, 3.63) is 29.8 Å². The Morgan fingerprint density at radius 3 is 2.74 bits per heavy atom. The van der Waals surface area contributed by atoms with Crippen molar-refractivity contribution in [3.63, 3.8) is 0 Å². The molecule has 0 atom stereocenters. The monoisotopic (exact) mass is 265 g/mol. The molecule has 0 aliphatic carbocycles. The largest absolute Gasteiger partial charge is 0.493 e. The van der Waals surface area contributed by atoms with Gasteiger partial charge in [0.15, 0.2) is 0 Å². The number of benzene rings is 1. The first-order valence-corrected chi connectivity index (χ1v) is 6.20. The van der Waals surface area contributed by atoms with Crippen molar-refractivity contribution in [2.75, 3.05) is 6.61 Å². The van der Waals surface area contributed by atoms with E-state index in [0.717, 1.165) is 0 Å². The Bertz CT molecular complexity index is 443. The van der Waals surface area contributed by atoms with Gasteiger partial charge in [-0.05, 0) is 31.5 Å². The maximum Gasteiger partial charge on any atom is 0.307 e. The molecule has 0 fully saturated rings. The molecule has 19 heavy (non-hydrogen) atoms. The lowest BCUT2D eigenvalue weighted by Crippen LogP contribution is -2.31. The van der Waals surface area contributed by atoms with E-state index in [4.69, 9.17) is 9.84 Å². The highest BCUT2D eigenvalue weighted by Crippen LogP contribution is 2.14. The number of rotatable bonds is 7. The predicted molar refractivity (Wildman–Crippen MR) is 71.2 cm³/mol. The zero-order valence-corrected chi connectivity index (χ0v) is 11.2. The number of aliphatic carboxylic acids is 1. The molecule has 1 aromatic rings. The van der Waals surface area contributed by atoms with E-state index in [1.54, 1.807) is 24.3 Å². The molecular weight excluding hydrogens is 246 g/mol. The number of carboxylic acids is 1. The van der Waals surface area contributed by atoms with E-state index in [2.05, 4.69) is 5.32 Å². The standard InChI is InChI=1S/C14H19NO4/c1-10(2)15-13(16)6-7-19-12-5-3-4-11(8-12)9-14(17)18/h3-5,8,10H,6-7,9H2,1-2H3,(H,15,16)(H,17,18). The zero-order valence-electron chi connectivity index (χ0n) is 11.2. The number of carbonyl (C=O) groups excluding carboxylic acids is 1. The quantitative estimate of drug-likeness (QED) is 0.785. The molecule has 104 valence electrons. The molecule has 0 aliphatic heterocycles. The summed E-state index contributed by atoms with van der Waals surface area (Å²) in [5.41, 5.74) is 0.677. The van der Waals surface area contributed by atoms with Crippen LogP contribution >= 0.6 is 0 Å². The minimum Gasteiger partial charge on any atom is -0.493 e. The Morgan fingerprint density at radius 2 is 2.11 bits per heavy atom. The van der Waals surface area contributed by atoms with Crippen LogP contribution in [0.5, 0.6) is 5.75 Å². The van der Waals surface area contributed by atoms with Crippen LogP contribution < -0.4 is 10.1 Å². The van der Waals surface area contributed by atoms with Gasteiger partial charge in [-0.1, -0.05) is 12.1 Å². The second-order valence-corrected chi connectivity index (χ2v) is 4.54. The smallest absolute Gasteiger partial charge is 0.307 e. The summed E-state index contributed by atoms with van der Waals surface area (Å²) in [6.45, 7) is 4.07. The van der Waals surface area contributed by atoms with Crippen molar-refractivity contribution >= 4 is 11.9 Å². The number of carboxylic acid groups (broad SMARTS) is 1. The van der Waals surface area contributed by atoms with Gasteiger partial charge in [-0.15, -0.1) is 0 Å². The van der Waals surface area contributed by atoms with Gasteiger partial charge in [0.1, 0.15) is 5.75 Å². The van der Waals surface area contributed by atoms with Gasteiger partial charge in [-0.2, -0.15) is 0 Å². The number of hydrogen-bond donors (Lipinski definition) is 2. The minimum atomic E-state index is -0.881. The van der Waals surface area contributed by atoms with Gasteiger partial charge in [0.2, 0.25) is 5.91 Å². The molecule has 5 nitrogen and oxygen atoms in total. The van der Waals surface area contributed by atoms with Crippen LogP contribution in [0.25, 0.3) is 0 Å². The Balaban J connectivity index is 2.41. The molecule has 0 saturated heterocycles. The lowest BCUT2D eigenvalue weighted by atomic mass is 10.1. The third-order valence-electron chi connectivity index (χ3n) is 2.30. The summed E-state index contributed by atoms with van der Waals surface area (Å²) in [6.07, 6.45) is 0.242. The Morgan fingerprint density at radius 1 is 1.37 bits per heavy atom. The summed E-state index contributed by atoms with van der Waals surface area (Å²) in [5.74, 6) is -0.360.